The van der Waals surface area contributed by atoms with Crippen LogP contribution in [-0.2, 0) is 12.8 Å². The maximum absolute atomic E-state index is 12.8. The van der Waals surface area contributed by atoms with Crippen LogP contribution in [0.2, 0.25) is 0 Å². The monoisotopic (exact) mass is 336 g/mol. The quantitative estimate of drug-likeness (QED) is 0.606. The molecule has 1 aliphatic rings. The fraction of sp³-hybridized carbons (Fsp3) is 0.105. The minimum atomic E-state index is 0.116. The lowest BCUT2D eigenvalue weighted by atomic mass is 9.94. The smallest absolute Gasteiger partial charge is 0.193 e. The third kappa shape index (κ3) is 1.94. The predicted molar refractivity (Wildman–Crippen MR) is 88.9 cm³/mol. The maximum atomic E-state index is 12.8. The SMILES string of the molecule is O=C(c1ccccc1)c1cc(Br)c2cccc3c2c1CC3. The van der Waals surface area contributed by atoms with E-state index in [0.717, 1.165) is 28.4 Å². The summed E-state index contributed by atoms with van der Waals surface area (Å²) >= 11 is 3.63. The summed E-state index contributed by atoms with van der Waals surface area (Å²) in [6, 6.07) is 17.9. The van der Waals surface area contributed by atoms with Gasteiger partial charge in [0.1, 0.15) is 0 Å². The van der Waals surface area contributed by atoms with Gasteiger partial charge in [-0.1, -0.05) is 64.5 Å². The first-order valence-electron chi connectivity index (χ1n) is 7.08. The van der Waals surface area contributed by atoms with E-state index in [4.69, 9.17) is 0 Å². The molecule has 0 saturated heterocycles. The molecule has 0 saturated carbocycles. The van der Waals surface area contributed by atoms with E-state index in [2.05, 4.69) is 34.1 Å². The van der Waals surface area contributed by atoms with E-state index in [1.807, 2.05) is 36.4 Å². The summed E-state index contributed by atoms with van der Waals surface area (Å²) in [5, 5.41) is 2.48. The Morgan fingerprint density at radius 3 is 2.57 bits per heavy atom. The first kappa shape index (κ1) is 12.8. The van der Waals surface area contributed by atoms with Crippen LogP contribution < -0.4 is 0 Å². The molecule has 2 heteroatoms. The molecule has 0 aromatic heterocycles. The highest BCUT2D eigenvalue weighted by Gasteiger charge is 2.23. The Bertz CT molecular complexity index is 866. The Balaban J connectivity index is 1.99. The van der Waals surface area contributed by atoms with Gasteiger partial charge in [-0.05, 0) is 40.8 Å². The van der Waals surface area contributed by atoms with Gasteiger partial charge in [-0.25, -0.2) is 0 Å². The molecule has 0 amide bonds. The Hall–Kier alpha value is -1.93. The molecule has 4 rings (SSSR count). The van der Waals surface area contributed by atoms with Crippen LogP contribution in [0.1, 0.15) is 27.0 Å². The lowest BCUT2D eigenvalue weighted by Gasteiger charge is -2.10. The van der Waals surface area contributed by atoms with Gasteiger partial charge in [0.25, 0.3) is 0 Å². The number of hydrogen-bond acceptors (Lipinski definition) is 1. The fourth-order valence-electron chi connectivity index (χ4n) is 3.26. The highest BCUT2D eigenvalue weighted by molar-refractivity contribution is 9.10. The fourth-order valence-corrected chi connectivity index (χ4v) is 3.82. The molecular formula is C19H13BrO. The molecule has 3 aromatic carbocycles. The van der Waals surface area contributed by atoms with Crippen LogP contribution in [0.5, 0.6) is 0 Å². The van der Waals surface area contributed by atoms with Gasteiger partial charge in [0.05, 0.1) is 0 Å². The molecule has 0 N–H and O–H groups in total. The average Bonchev–Trinajstić information content (AvgIpc) is 2.96. The third-order valence-electron chi connectivity index (χ3n) is 4.23. The molecule has 0 spiro atoms. The second-order valence-corrected chi connectivity index (χ2v) is 6.27. The Morgan fingerprint density at radius 1 is 0.952 bits per heavy atom. The van der Waals surface area contributed by atoms with E-state index < -0.39 is 0 Å². The highest BCUT2D eigenvalue weighted by Crippen LogP contribution is 2.38. The highest BCUT2D eigenvalue weighted by atomic mass is 79.9. The van der Waals surface area contributed by atoms with Crippen molar-refractivity contribution in [2.24, 2.45) is 0 Å². The Labute approximate surface area is 131 Å². The molecule has 0 aliphatic heterocycles. The lowest BCUT2D eigenvalue weighted by Crippen LogP contribution is -2.05. The number of carbonyl (C=O) groups excluding carboxylic acids is 1. The molecule has 0 atom stereocenters. The van der Waals surface area contributed by atoms with Crippen molar-refractivity contribution in [2.45, 2.75) is 12.8 Å². The number of ketones is 1. The predicted octanol–water partition coefficient (Wildman–Crippen LogP) is 4.93. The van der Waals surface area contributed by atoms with E-state index in [9.17, 15) is 4.79 Å². The van der Waals surface area contributed by atoms with Gasteiger partial charge in [-0.15, -0.1) is 0 Å². The normalized spacial score (nSPS) is 12.8. The number of rotatable bonds is 2. The van der Waals surface area contributed by atoms with Gasteiger partial charge >= 0.3 is 0 Å². The van der Waals surface area contributed by atoms with E-state index in [0.29, 0.717) is 0 Å². The summed E-state index contributed by atoms with van der Waals surface area (Å²) in [6.45, 7) is 0. The van der Waals surface area contributed by atoms with Gasteiger partial charge < -0.3 is 0 Å². The van der Waals surface area contributed by atoms with Crippen LogP contribution in [0.25, 0.3) is 10.8 Å². The number of hydrogen-bond donors (Lipinski definition) is 0. The molecule has 0 unspecified atom stereocenters. The summed E-state index contributed by atoms with van der Waals surface area (Å²) in [7, 11) is 0. The summed E-state index contributed by atoms with van der Waals surface area (Å²) in [6.07, 6.45) is 1.98. The standard InChI is InChI=1S/C19H13BrO/c20-17-11-16(19(21)13-5-2-1-3-6-13)14-10-9-12-7-4-8-15(17)18(12)14/h1-8,11H,9-10H2. The second kappa shape index (κ2) is 4.81. The minimum absolute atomic E-state index is 0.116. The van der Waals surface area contributed by atoms with Crippen LogP contribution in [0, 0.1) is 0 Å². The molecule has 102 valence electrons. The molecule has 21 heavy (non-hydrogen) atoms. The van der Waals surface area contributed by atoms with Crippen LogP contribution in [0.15, 0.2) is 59.1 Å². The first-order chi connectivity index (χ1) is 10.3. The van der Waals surface area contributed by atoms with E-state index in [1.54, 1.807) is 0 Å². The van der Waals surface area contributed by atoms with E-state index in [1.165, 1.54) is 21.9 Å². The van der Waals surface area contributed by atoms with Crippen LogP contribution in [0.3, 0.4) is 0 Å². The third-order valence-corrected chi connectivity index (χ3v) is 4.89. The second-order valence-electron chi connectivity index (χ2n) is 5.42. The minimum Gasteiger partial charge on any atom is -0.289 e. The molecule has 0 bridgehead atoms. The number of carbonyl (C=O) groups is 1. The van der Waals surface area contributed by atoms with Crippen molar-refractivity contribution in [2.75, 3.05) is 0 Å². The van der Waals surface area contributed by atoms with Gasteiger partial charge in [0.15, 0.2) is 5.78 Å². The van der Waals surface area contributed by atoms with Gasteiger partial charge in [0.2, 0.25) is 0 Å². The van der Waals surface area contributed by atoms with E-state index in [-0.39, 0.29) is 5.78 Å². The Morgan fingerprint density at radius 2 is 1.76 bits per heavy atom. The maximum Gasteiger partial charge on any atom is 0.193 e. The molecule has 0 radical (unpaired) electrons. The van der Waals surface area contributed by atoms with Crippen LogP contribution in [0.4, 0.5) is 0 Å². The average molecular weight is 337 g/mol. The largest absolute Gasteiger partial charge is 0.289 e. The lowest BCUT2D eigenvalue weighted by molar-refractivity contribution is 0.103. The van der Waals surface area contributed by atoms with Crippen molar-refractivity contribution < 1.29 is 4.79 Å². The summed E-state index contributed by atoms with van der Waals surface area (Å²) in [5.41, 5.74) is 4.15. The molecular weight excluding hydrogens is 324 g/mol. The summed E-state index contributed by atoms with van der Waals surface area (Å²) in [5.74, 6) is 0.116. The molecule has 1 aliphatic carbocycles. The number of benzene rings is 3. The van der Waals surface area contributed by atoms with Crippen molar-refractivity contribution in [3.63, 3.8) is 0 Å². The van der Waals surface area contributed by atoms with Crippen molar-refractivity contribution in [3.05, 3.63) is 81.3 Å². The Kier molecular flexibility index (Phi) is 2.93. The van der Waals surface area contributed by atoms with Crippen molar-refractivity contribution in [1.29, 1.82) is 0 Å². The van der Waals surface area contributed by atoms with Gasteiger partial charge in [-0.3, -0.25) is 4.79 Å². The molecule has 1 nitrogen and oxygen atoms in total. The zero-order chi connectivity index (χ0) is 14.4. The molecule has 0 heterocycles. The van der Waals surface area contributed by atoms with Gasteiger partial charge in [0, 0.05) is 15.6 Å². The zero-order valence-corrected chi connectivity index (χ0v) is 13.0. The van der Waals surface area contributed by atoms with E-state index >= 15 is 0 Å². The summed E-state index contributed by atoms with van der Waals surface area (Å²) < 4.78 is 1.00. The number of halogens is 1. The van der Waals surface area contributed by atoms with Crippen molar-refractivity contribution >= 4 is 32.5 Å². The van der Waals surface area contributed by atoms with Crippen LogP contribution >= 0.6 is 15.9 Å². The van der Waals surface area contributed by atoms with Crippen molar-refractivity contribution in [1.82, 2.24) is 0 Å². The van der Waals surface area contributed by atoms with Crippen molar-refractivity contribution in [3.8, 4) is 0 Å². The van der Waals surface area contributed by atoms with Crippen LogP contribution in [-0.4, -0.2) is 5.78 Å². The first-order valence-corrected chi connectivity index (χ1v) is 7.88. The molecule has 0 fully saturated rings. The number of aryl methyl sites for hydroxylation is 2. The van der Waals surface area contributed by atoms with Gasteiger partial charge in [-0.2, -0.15) is 0 Å². The summed E-state index contributed by atoms with van der Waals surface area (Å²) in [4.78, 5) is 12.8. The topological polar surface area (TPSA) is 17.1 Å². The zero-order valence-electron chi connectivity index (χ0n) is 11.4. The molecule has 3 aromatic rings.